The predicted octanol–water partition coefficient (Wildman–Crippen LogP) is 3.25. The second kappa shape index (κ2) is 5.89. The standard InChI is InChI=1S/C15H23NO2/c1-12(11-16(17)15(2,3)4)10-13-6-8-14(18-5)9-7-13/h6-9,11-12H,10H2,1-5H3/b16-11+. The Morgan fingerprint density at radius 3 is 2.28 bits per heavy atom. The van der Waals surface area contributed by atoms with Gasteiger partial charge in [-0.25, -0.2) is 4.74 Å². The van der Waals surface area contributed by atoms with E-state index in [9.17, 15) is 5.21 Å². The fraction of sp³-hybridized carbons (Fsp3) is 0.533. The number of hydrogen-bond donors (Lipinski definition) is 0. The molecule has 1 aromatic rings. The number of benzene rings is 1. The van der Waals surface area contributed by atoms with E-state index in [2.05, 4.69) is 6.92 Å². The van der Waals surface area contributed by atoms with Gasteiger partial charge >= 0.3 is 0 Å². The van der Waals surface area contributed by atoms with Crippen LogP contribution in [-0.2, 0) is 6.42 Å². The van der Waals surface area contributed by atoms with Crippen LogP contribution in [0.2, 0.25) is 0 Å². The van der Waals surface area contributed by atoms with Gasteiger partial charge in [0.25, 0.3) is 0 Å². The van der Waals surface area contributed by atoms with Gasteiger partial charge in [0.1, 0.15) is 5.75 Å². The molecule has 100 valence electrons. The van der Waals surface area contributed by atoms with E-state index in [0.717, 1.165) is 16.9 Å². The third kappa shape index (κ3) is 4.40. The van der Waals surface area contributed by atoms with Crippen molar-refractivity contribution < 1.29 is 9.48 Å². The molecule has 0 N–H and O–H groups in total. The normalized spacial score (nSPS) is 14.4. The molecule has 0 aliphatic heterocycles. The fourth-order valence-corrected chi connectivity index (χ4v) is 1.64. The highest BCUT2D eigenvalue weighted by Gasteiger charge is 2.19. The largest absolute Gasteiger partial charge is 0.624 e. The number of methoxy groups -OCH3 is 1. The van der Waals surface area contributed by atoms with Gasteiger partial charge in [0.05, 0.1) is 7.11 Å². The van der Waals surface area contributed by atoms with Crippen molar-refractivity contribution in [3.05, 3.63) is 35.0 Å². The minimum absolute atomic E-state index is 0.218. The zero-order valence-corrected chi connectivity index (χ0v) is 11.9. The zero-order chi connectivity index (χ0) is 13.8. The van der Waals surface area contributed by atoms with Gasteiger partial charge in [-0.05, 0) is 24.1 Å². The lowest BCUT2D eigenvalue weighted by molar-refractivity contribution is -0.533. The maximum Gasteiger partial charge on any atom is 0.164 e. The Morgan fingerprint density at radius 2 is 1.83 bits per heavy atom. The van der Waals surface area contributed by atoms with Crippen molar-refractivity contribution in [3.8, 4) is 5.75 Å². The lowest BCUT2D eigenvalue weighted by Gasteiger charge is -2.20. The molecule has 1 unspecified atom stereocenters. The molecule has 1 aromatic carbocycles. The molecule has 1 rings (SSSR count). The van der Waals surface area contributed by atoms with E-state index >= 15 is 0 Å². The predicted molar refractivity (Wildman–Crippen MR) is 75.3 cm³/mol. The van der Waals surface area contributed by atoms with E-state index in [4.69, 9.17) is 4.74 Å². The van der Waals surface area contributed by atoms with E-state index in [0.29, 0.717) is 0 Å². The summed E-state index contributed by atoms with van der Waals surface area (Å²) in [6.45, 7) is 7.80. The molecule has 0 fully saturated rings. The summed E-state index contributed by atoms with van der Waals surface area (Å²) < 4.78 is 6.16. The molecule has 3 heteroatoms. The molecule has 1 atom stereocenters. The van der Waals surface area contributed by atoms with Crippen LogP contribution in [-0.4, -0.2) is 23.6 Å². The number of rotatable bonds is 4. The molecule has 0 saturated carbocycles. The van der Waals surface area contributed by atoms with E-state index < -0.39 is 0 Å². The Balaban J connectivity index is 2.67. The Kier molecular flexibility index (Phi) is 4.76. The highest BCUT2D eigenvalue weighted by Crippen LogP contribution is 2.14. The Bertz CT molecular complexity index is 401. The maximum absolute atomic E-state index is 11.8. The zero-order valence-electron chi connectivity index (χ0n) is 11.9. The second-order valence-corrected chi connectivity index (χ2v) is 5.68. The van der Waals surface area contributed by atoms with Crippen molar-refractivity contribution in [2.45, 2.75) is 39.7 Å². The first-order valence-corrected chi connectivity index (χ1v) is 6.27. The lowest BCUT2D eigenvalue weighted by Crippen LogP contribution is -2.30. The van der Waals surface area contributed by atoms with Crippen molar-refractivity contribution in [1.82, 2.24) is 0 Å². The maximum atomic E-state index is 11.8. The minimum Gasteiger partial charge on any atom is -0.624 e. The number of hydroxylamine groups is 1. The topological polar surface area (TPSA) is 35.3 Å². The molecule has 0 saturated heterocycles. The van der Waals surface area contributed by atoms with Crippen molar-refractivity contribution in [2.75, 3.05) is 7.11 Å². The summed E-state index contributed by atoms with van der Waals surface area (Å²) >= 11 is 0. The third-order valence-electron chi connectivity index (χ3n) is 2.77. The van der Waals surface area contributed by atoms with E-state index in [1.54, 1.807) is 13.3 Å². The summed E-state index contributed by atoms with van der Waals surface area (Å²) in [5.41, 5.74) is 0.843. The summed E-state index contributed by atoms with van der Waals surface area (Å²) in [5, 5.41) is 11.8. The van der Waals surface area contributed by atoms with Crippen LogP contribution < -0.4 is 4.74 Å². The monoisotopic (exact) mass is 249 g/mol. The number of ether oxygens (including phenoxy) is 1. The molecule has 0 bridgehead atoms. The molecule has 0 spiro atoms. The molecule has 18 heavy (non-hydrogen) atoms. The molecule has 0 aliphatic carbocycles. The van der Waals surface area contributed by atoms with Crippen molar-refractivity contribution >= 4 is 6.21 Å². The van der Waals surface area contributed by atoms with Crippen LogP contribution in [0.3, 0.4) is 0 Å². The first-order chi connectivity index (χ1) is 8.32. The smallest absolute Gasteiger partial charge is 0.164 e. The first-order valence-electron chi connectivity index (χ1n) is 6.27. The van der Waals surface area contributed by atoms with Crippen LogP contribution in [0.4, 0.5) is 0 Å². The van der Waals surface area contributed by atoms with Gasteiger partial charge in [-0.1, -0.05) is 19.1 Å². The van der Waals surface area contributed by atoms with Gasteiger partial charge in [-0.2, -0.15) is 0 Å². The van der Waals surface area contributed by atoms with Crippen LogP contribution >= 0.6 is 0 Å². The number of hydrogen-bond acceptors (Lipinski definition) is 2. The van der Waals surface area contributed by atoms with Crippen LogP contribution in [0.15, 0.2) is 24.3 Å². The third-order valence-corrected chi connectivity index (χ3v) is 2.77. The molecular weight excluding hydrogens is 226 g/mol. The highest BCUT2D eigenvalue weighted by molar-refractivity contribution is 5.55. The van der Waals surface area contributed by atoms with Gasteiger partial charge in [0.2, 0.25) is 0 Å². The average Bonchev–Trinajstić information content (AvgIpc) is 2.28. The van der Waals surface area contributed by atoms with Crippen molar-refractivity contribution in [2.24, 2.45) is 5.92 Å². The van der Waals surface area contributed by atoms with Gasteiger partial charge in [-0.3, -0.25) is 0 Å². The Hall–Kier alpha value is -1.51. The molecule has 0 aliphatic rings. The summed E-state index contributed by atoms with van der Waals surface area (Å²) in [6.07, 6.45) is 2.61. The first kappa shape index (κ1) is 14.6. The van der Waals surface area contributed by atoms with Crippen LogP contribution in [0.5, 0.6) is 5.75 Å². The Labute approximate surface area is 110 Å². The van der Waals surface area contributed by atoms with E-state index in [1.165, 1.54) is 5.56 Å². The minimum atomic E-state index is -0.367. The highest BCUT2D eigenvalue weighted by atomic mass is 16.5. The van der Waals surface area contributed by atoms with Crippen LogP contribution in [0.25, 0.3) is 0 Å². The lowest BCUT2D eigenvalue weighted by atomic mass is 10.0. The van der Waals surface area contributed by atoms with Crippen molar-refractivity contribution in [3.63, 3.8) is 0 Å². The van der Waals surface area contributed by atoms with Crippen LogP contribution in [0, 0.1) is 11.1 Å². The van der Waals surface area contributed by atoms with Gasteiger partial charge in [-0.15, -0.1) is 0 Å². The molecular formula is C15H23NO2. The SMILES string of the molecule is COc1ccc(CC(C)/C=[N+](/[O-])C(C)(C)C)cc1. The Morgan fingerprint density at radius 1 is 1.28 bits per heavy atom. The van der Waals surface area contributed by atoms with Crippen LogP contribution in [0.1, 0.15) is 33.3 Å². The number of nitrogens with zero attached hydrogens (tertiary/aromatic N) is 1. The molecule has 3 nitrogen and oxygen atoms in total. The second-order valence-electron chi connectivity index (χ2n) is 5.68. The van der Waals surface area contributed by atoms with Gasteiger partial charge < -0.3 is 9.94 Å². The summed E-state index contributed by atoms with van der Waals surface area (Å²) in [6, 6.07) is 7.96. The van der Waals surface area contributed by atoms with Crippen molar-refractivity contribution in [1.29, 1.82) is 0 Å². The van der Waals surface area contributed by atoms with E-state index in [1.807, 2.05) is 45.0 Å². The molecule has 0 radical (unpaired) electrons. The summed E-state index contributed by atoms with van der Waals surface area (Å²) in [4.78, 5) is 0. The summed E-state index contributed by atoms with van der Waals surface area (Å²) in [7, 11) is 1.66. The van der Waals surface area contributed by atoms with Gasteiger partial charge in [0.15, 0.2) is 11.8 Å². The molecule has 0 amide bonds. The molecule has 0 aromatic heterocycles. The van der Waals surface area contributed by atoms with E-state index in [-0.39, 0.29) is 11.5 Å². The fourth-order valence-electron chi connectivity index (χ4n) is 1.64. The average molecular weight is 249 g/mol. The quantitative estimate of drug-likeness (QED) is 0.355. The summed E-state index contributed by atoms with van der Waals surface area (Å²) in [5.74, 6) is 1.07. The molecule has 0 heterocycles. The van der Waals surface area contributed by atoms with Gasteiger partial charge in [0, 0.05) is 26.7 Å².